The summed E-state index contributed by atoms with van der Waals surface area (Å²) in [6.07, 6.45) is 4.33. The minimum Gasteiger partial charge on any atom is -0.478 e. The van der Waals surface area contributed by atoms with E-state index in [9.17, 15) is 9.59 Å². The van der Waals surface area contributed by atoms with E-state index in [4.69, 9.17) is 9.84 Å². The molecule has 5 nitrogen and oxygen atoms in total. The number of amides is 1. The van der Waals surface area contributed by atoms with E-state index < -0.39 is 5.97 Å². The van der Waals surface area contributed by atoms with Crippen LogP contribution in [0.4, 0.5) is 0 Å². The summed E-state index contributed by atoms with van der Waals surface area (Å²) in [6.45, 7) is 2.22. The van der Waals surface area contributed by atoms with Crippen molar-refractivity contribution in [3.05, 3.63) is 35.4 Å². The Hall–Kier alpha value is -1.88. The molecule has 2 rings (SSSR count). The molecule has 0 aliphatic carbocycles. The van der Waals surface area contributed by atoms with Crippen molar-refractivity contribution in [2.75, 3.05) is 19.8 Å². The van der Waals surface area contributed by atoms with Crippen LogP contribution in [0.2, 0.25) is 0 Å². The summed E-state index contributed by atoms with van der Waals surface area (Å²) in [7, 11) is 0. The molecular weight excluding hydrogens is 282 g/mol. The summed E-state index contributed by atoms with van der Waals surface area (Å²) in [5, 5.41) is 11.7. The summed E-state index contributed by atoms with van der Waals surface area (Å²) in [6, 6.07) is 6.75. The third kappa shape index (κ3) is 5.48. The fourth-order valence-corrected chi connectivity index (χ4v) is 2.62. The maximum absolute atomic E-state index is 11.8. The molecular formula is C17H23NO4. The molecule has 0 spiro atoms. The van der Waals surface area contributed by atoms with Crippen LogP contribution in [0.25, 0.3) is 0 Å². The van der Waals surface area contributed by atoms with Crippen LogP contribution in [-0.4, -0.2) is 36.7 Å². The lowest BCUT2D eigenvalue weighted by Crippen LogP contribution is -2.26. The molecule has 1 aliphatic heterocycles. The molecule has 1 amide bonds. The molecule has 0 atom stereocenters. The number of rotatable bonds is 7. The average molecular weight is 305 g/mol. The molecule has 0 saturated carbocycles. The normalized spacial score (nSPS) is 15.5. The van der Waals surface area contributed by atoms with Crippen molar-refractivity contribution in [3.63, 3.8) is 0 Å². The minimum absolute atomic E-state index is 0.0913. The van der Waals surface area contributed by atoms with Gasteiger partial charge in [0.15, 0.2) is 0 Å². The van der Waals surface area contributed by atoms with E-state index in [0.29, 0.717) is 25.3 Å². The Morgan fingerprint density at radius 3 is 2.50 bits per heavy atom. The first-order valence-corrected chi connectivity index (χ1v) is 7.82. The van der Waals surface area contributed by atoms with Gasteiger partial charge in [-0.05, 0) is 49.3 Å². The molecule has 5 heteroatoms. The summed E-state index contributed by atoms with van der Waals surface area (Å²) in [5.74, 6) is -0.218. The lowest BCUT2D eigenvalue weighted by Gasteiger charge is -2.21. The third-order valence-corrected chi connectivity index (χ3v) is 4.06. The van der Waals surface area contributed by atoms with Crippen LogP contribution in [0.5, 0.6) is 0 Å². The largest absolute Gasteiger partial charge is 0.478 e. The Kier molecular flexibility index (Phi) is 6.40. The van der Waals surface area contributed by atoms with Crippen LogP contribution in [0.1, 0.15) is 41.6 Å². The number of carboxylic acid groups (broad SMARTS) is 1. The molecule has 0 bridgehead atoms. The van der Waals surface area contributed by atoms with E-state index in [1.165, 1.54) is 0 Å². The highest BCUT2D eigenvalue weighted by Gasteiger charge is 2.14. The van der Waals surface area contributed by atoms with Gasteiger partial charge in [0.25, 0.3) is 0 Å². The van der Waals surface area contributed by atoms with E-state index in [1.54, 1.807) is 24.3 Å². The SMILES string of the molecule is O=C(CCC1CCOCC1)NCCc1ccc(C(=O)O)cc1. The molecule has 2 N–H and O–H groups in total. The molecule has 1 heterocycles. The van der Waals surface area contributed by atoms with Gasteiger partial charge in [-0.15, -0.1) is 0 Å². The van der Waals surface area contributed by atoms with Gasteiger partial charge in [0, 0.05) is 26.2 Å². The quantitative estimate of drug-likeness (QED) is 0.810. The Morgan fingerprint density at radius 2 is 1.86 bits per heavy atom. The molecule has 0 radical (unpaired) electrons. The summed E-state index contributed by atoms with van der Waals surface area (Å²) >= 11 is 0. The van der Waals surface area contributed by atoms with Crippen LogP contribution < -0.4 is 5.32 Å². The zero-order valence-electron chi connectivity index (χ0n) is 12.7. The highest BCUT2D eigenvalue weighted by Crippen LogP contribution is 2.19. The number of carbonyl (C=O) groups excluding carboxylic acids is 1. The standard InChI is InChI=1S/C17H23NO4/c19-16(6-3-14-8-11-22-12-9-14)18-10-7-13-1-4-15(5-2-13)17(20)21/h1-2,4-5,14H,3,6-12H2,(H,18,19)(H,20,21). The van der Waals surface area contributed by atoms with Crippen molar-refractivity contribution >= 4 is 11.9 Å². The van der Waals surface area contributed by atoms with E-state index in [1.807, 2.05) is 0 Å². The monoisotopic (exact) mass is 305 g/mol. The van der Waals surface area contributed by atoms with E-state index in [0.717, 1.165) is 38.0 Å². The number of aromatic carboxylic acids is 1. The van der Waals surface area contributed by atoms with Crippen molar-refractivity contribution in [2.24, 2.45) is 5.92 Å². The molecule has 22 heavy (non-hydrogen) atoms. The van der Waals surface area contributed by atoms with Crippen molar-refractivity contribution in [2.45, 2.75) is 32.1 Å². The minimum atomic E-state index is -0.923. The second-order valence-electron chi connectivity index (χ2n) is 5.70. The number of hydrogen-bond acceptors (Lipinski definition) is 3. The third-order valence-electron chi connectivity index (χ3n) is 4.06. The van der Waals surface area contributed by atoms with Crippen molar-refractivity contribution in [1.82, 2.24) is 5.32 Å². The Labute approximate surface area is 130 Å². The highest BCUT2D eigenvalue weighted by atomic mass is 16.5. The molecule has 1 fully saturated rings. The van der Waals surface area contributed by atoms with Gasteiger partial charge in [-0.25, -0.2) is 4.79 Å². The van der Waals surface area contributed by atoms with Crippen molar-refractivity contribution in [3.8, 4) is 0 Å². The first kappa shape index (κ1) is 16.5. The van der Waals surface area contributed by atoms with E-state index in [2.05, 4.69) is 5.32 Å². The Morgan fingerprint density at radius 1 is 1.18 bits per heavy atom. The summed E-state index contributed by atoms with van der Waals surface area (Å²) in [5.41, 5.74) is 1.30. The Balaban J connectivity index is 1.62. The van der Waals surface area contributed by atoms with Gasteiger partial charge < -0.3 is 15.2 Å². The lowest BCUT2D eigenvalue weighted by molar-refractivity contribution is -0.121. The van der Waals surface area contributed by atoms with Crippen LogP contribution in [0, 0.1) is 5.92 Å². The fourth-order valence-electron chi connectivity index (χ4n) is 2.62. The fraction of sp³-hybridized carbons (Fsp3) is 0.529. The molecule has 120 valence electrons. The average Bonchev–Trinajstić information content (AvgIpc) is 2.54. The first-order valence-electron chi connectivity index (χ1n) is 7.82. The number of carbonyl (C=O) groups is 2. The van der Waals surface area contributed by atoms with Crippen LogP contribution in [0.3, 0.4) is 0 Å². The zero-order chi connectivity index (χ0) is 15.8. The van der Waals surface area contributed by atoms with Gasteiger partial charge in [-0.3, -0.25) is 4.79 Å². The van der Waals surface area contributed by atoms with E-state index in [-0.39, 0.29) is 11.5 Å². The second-order valence-corrected chi connectivity index (χ2v) is 5.70. The number of carboxylic acids is 1. The van der Waals surface area contributed by atoms with Gasteiger partial charge in [0.1, 0.15) is 0 Å². The number of hydrogen-bond donors (Lipinski definition) is 2. The van der Waals surface area contributed by atoms with Crippen molar-refractivity contribution < 1.29 is 19.4 Å². The predicted octanol–water partition coefficient (Wildman–Crippen LogP) is 2.25. The highest BCUT2D eigenvalue weighted by molar-refractivity contribution is 5.87. The lowest BCUT2D eigenvalue weighted by atomic mass is 9.95. The van der Waals surface area contributed by atoms with Crippen molar-refractivity contribution in [1.29, 1.82) is 0 Å². The summed E-state index contributed by atoms with van der Waals surface area (Å²) < 4.78 is 5.31. The molecule has 1 aromatic carbocycles. The van der Waals surface area contributed by atoms with Gasteiger partial charge in [-0.1, -0.05) is 12.1 Å². The van der Waals surface area contributed by atoms with Crippen LogP contribution in [-0.2, 0) is 16.0 Å². The topological polar surface area (TPSA) is 75.6 Å². The molecule has 0 aromatic heterocycles. The smallest absolute Gasteiger partial charge is 0.335 e. The van der Waals surface area contributed by atoms with E-state index >= 15 is 0 Å². The molecule has 1 saturated heterocycles. The zero-order valence-corrected chi connectivity index (χ0v) is 12.7. The van der Waals surface area contributed by atoms with Crippen LogP contribution >= 0.6 is 0 Å². The molecule has 0 unspecified atom stereocenters. The molecule has 1 aliphatic rings. The number of nitrogens with one attached hydrogen (secondary N) is 1. The summed E-state index contributed by atoms with van der Waals surface area (Å²) in [4.78, 5) is 22.6. The number of ether oxygens (including phenoxy) is 1. The number of benzene rings is 1. The van der Waals surface area contributed by atoms with Gasteiger partial charge in [-0.2, -0.15) is 0 Å². The first-order chi connectivity index (χ1) is 10.6. The predicted molar refractivity (Wildman–Crippen MR) is 82.9 cm³/mol. The van der Waals surface area contributed by atoms with Gasteiger partial charge >= 0.3 is 5.97 Å². The van der Waals surface area contributed by atoms with Gasteiger partial charge in [0.2, 0.25) is 5.91 Å². The maximum atomic E-state index is 11.8. The second kappa shape index (κ2) is 8.54. The van der Waals surface area contributed by atoms with Crippen LogP contribution in [0.15, 0.2) is 24.3 Å². The maximum Gasteiger partial charge on any atom is 0.335 e. The van der Waals surface area contributed by atoms with Gasteiger partial charge in [0.05, 0.1) is 5.56 Å². The molecule has 1 aromatic rings. The Bertz CT molecular complexity index is 492.